The van der Waals surface area contributed by atoms with Crippen molar-refractivity contribution in [2.75, 3.05) is 41.0 Å². The quantitative estimate of drug-likeness (QED) is 0.666. The van der Waals surface area contributed by atoms with Crippen LogP contribution in [-0.4, -0.2) is 61.0 Å². The summed E-state index contributed by atoms with van der Waals surface area (Å²) in [6.07, 6.45) is 4.68. The summed E-state index contributed by atoms with van der Waals surface area (Å²) in [4.78, 5) is 11.0. The first-order chi connectivity index (χ1) is 15.5. The Kier molecular flexibility index (Phi) is 6.71. The highest BCUT2D eigenvalue weighted by Gasteiger charge is 2.53. The topological polar surface area (TPSA) is 86.2 Å². The van der Waals surface area contributed by atoms with Crippen LogP contribution < -0.4 is 18.9 Å². The van der Waals surface area contributed by atoms with Gasteiger partial charge in [-0.2, -0.15) is 4.98 Å². The third-order valence-corrected chi connectivity index (χ3v) is 6.78. The molecule has 0 amide bonds. The summed E-state index contributed by atoms with van der Waals surface area (Å²) in [5, 5.41) is 12.0. The second kappa shape index (κ2) is 9.50. The van der Waals surface area contributed by atoms with Crippen LogP contribution >= 0.6 is 0 Å². The number of methoxy groups -OCH3 is 3. The molecule has 2 atom stereocenters. The molecule has 2 aliphatic rings. The zero-order valence-corrected chi connectivity index (χ0v) is 19.3. The third kappa shape index (κ3) is 4.09. The average molecular weight is 444 g/mol. The van der Waals surface area contributed by atoms with Gasteiger partial charge in [-0.15, -0.1) is 0 Å². The molecule has 2 heterocycles. The van der Waals surface area contributed by atoms with Crippen molar-refractivity contribution < 1.29 is 24.1 Å². The van der Waals surface area contributed by atoms with E-state index in [-0.39, 0.29) is 17.8 Å². The number of nitrogens with zero attached hydrogens (tertiary/aromatic N) is 3. The average Bonchev–Trinajstić information content (AvgIpc) is 2.79. The number of piperidine rings is 1. The second-order valence-electron chi connectivity index (χ2n) is 8.54. The molecule has 1 aromatic heterocycles. The van der Waals surface area contributed by atoms with Gasteiger partial charge in [0.05, 0.1) is 33.5 Å². The van der Waals surface area contributed by atoms with Crippen LogP contribution in [0.4, 0.5) is 0 Å². The van der Waals surface area contributed by atoms with Gasteiger partial charge >= 0.3 is 6.01 Å². The predicted octanol–water partition coefficient (Wildman–Crippen LogP) is 3.02. The zero-order chi connectivity index (χ0) is 22.7. The molecule has 8 nitrogen and oxygen atoms in total. The van der Waals surface area contributed by atoms with Crippen LogP contribution in [0.3, 0.4) is 0 Å². The van der Waals surface area contributed by atoms with Gasteiger partial charge in [-0.3, -0.25) is 4.90 Å². The number of hydrogen-bond acceptors (Lipinski definition) is 8. The summed E-state index contributed by atoms with van der Waals surface area (Å²) in [7, 11) is 4.74. The highest BCUT2D eigenvalue weighted by atomic mass is 16.5. The van der Waals surface area contributed by atoms with E-state index in [0.717, 1.165) is 50.4 Å². The largest absolute Gasteiger partial charge is 0.493 e. The van der Waals surface area contributed by atoms with Crippen molar-refractivity contribution in [3.05, 3.63) is 35.5 Å². The molecule has 2 bridgehead atoms. The fourth-order valence-electron chi connectivity index (χ4n) is 5.34. The molecule has 32 heavy (non-hydrogen) atoms. The number of hydrogen-bond donors (Lipinski definition) is 1. The lowest BCUT2D eigenvalue weighted by Gasteiger charge is -2.53. The Labute approximate surface area is 189 Å². The molecule has 4 rings (SSSR count). The lowest BCUT2D eigenvalue weighted by atomic mass is 9.63. The highest BCUT2D eigenvalue weighted by Crippen LogP contribution is 2.51. The zero-order valence-electron chi connectivity index (χ0n) is 19.3. The number of fused-ring (bicyclic) bond motifs is 2. The summed E-state index contributed by atoms with van der Waals surface area (Å²) in [6, 6.07) is 6.33. The van der Waals surface area contributed by atoms with Gasteiger partial charge in [0.2, 0.25) is 5.88 Å². The number of ether oxygens (including phenoxy) is 4. The van der Waals surface area contributed by atoms with E-state index >= 15 is 0 Å². The van der Waals surface area contributed by atoms with Crippen molar-refractivity contribution in [2.24, 2.45) is 11.8 Å². The van der Waals surface area contributed by atoms with E-state index in [4.69, 9.17) is 18.9 Å². The molecular weight excluding hydrogens is 410 g/mol. The van der Waals surface area contributed by atoms with E-state index in [1.807, 2.05) is 13.0 Å². The molecule has 0 radical (unpaired) electrons. The predicted molar refractivity (Wildman–Crippen MR) is 119 cm³/mol. The van der Waals surface area contributed by atoms with Crippen LogP contribution in [0.1, 0.15) is 37.3 Å². The molecule has 0 spiro atoms. The second-order valence-corrected chi connectivity index (χ2v) is 8.54. The smallest absolute Gasteiger partial charge is 0.319 e. The van der Waals surface area contributed by atoms with Crippen molar-refractivity contribution >= 4 is 0 Å². The Morgan fingerprint density at radius 1 is 1.06 bits per heavy atom. The van der Waals surface area contributed by atoms with Crippen LogP contribution in [0.15, 0.2) is 24.4 Å². The van der Waals surface area contributed by atoms with Crippen molar-refractivity contribution in [3.8, 4) is 23.4 Å². The Morgan fingerprint density at radius 2 is 1.81 bits per heavy atom. The molecule has 2 unspecified atom stereocenters. The van der Waals surface area contributed by atoms with E-state index in [0.29, 0.717) is 18.1 Å². The first-order valence-corrected chi connectivity index (χ1v) is 11.2. The molecule has 2 aromatic rings. The van der Waals surface area contributed by atoms with Crippen molar-refractivity contribution in [3.63, 3.8) is 0 Å². The monoisotopic (exact) mass is 443 g/mol. The number of likely N-dealkylation sites (tertiary alicyclic amines) is 1. The standard InChI is InChI=1S/C24H33N3O5/c1-5-32-21-11-16(9-10-20(21)29-2)13-27-14-17-7-6-8-18(15-27)24(17,28)19-12-25-23(31-4)26-22(19)30-3/h9-12,17-18,28H,5-8,13-15H2,1-4H3. The van der Waals surface area contributed by atoms with Crippen LogP contribution in [0, 0.1) is 11.8 Å². The molecule has 1 aliphatic heterocycles. The minimum Gasteiger partial charge on any atom is -0.493 e. The minimum atomic E-state index is -1.01. The van der Waals surface area contributed by atoms with Crippen molar-refractivity contribution in [1.29, 1.82) is 0 Å². The molecule has 1 saturated carbocycles. The Bertz CT molecular complexity index is 924. The first kappa shape index (κ1) is 22.6. The van der Waals surface area contributed by atoms with E-state index in [1.54, 1.807) is 20.4 Å². The number of aliphatic hydroxyl groups is 1. The Morgan fingerprint density at radius 3 is 2.44 bits per heavy atom. The molecule has 1 aliphatic carbocycles. The lowest BCUT2D eigenvalue weighted by Crippen LogP contribution is -2.58. The van der Waals surface area contributed by atoms with Gasteiger partial charge in [0.15, 0.2) is 11.5 Å². The molecule has 2 fully saturated rings. The molecule has 1 saturated heterocycles. The van der Waals surface area contributed by atoms with E-state index in [2.05, 4.69) is 27.0 Å². The lowest BCUT2D eigenvalue weighted by molar-refractivity contribution is -0.149. The summed E-state index contributed by atoms with van der Waals surface area (Å²) < 4.78 is 21.8. The fourth-order valence-corrected chi connectivity index (χ4v) is 5.34. The molecule has 8 heteroatoms. The molecular formula is C24H33N3O5. The van der Waals surface area contributed by atoms with Crippen molar-refractivity contribution in [2.45, 2.75) is 38.3 Å². The summed E-state index contributed by atoms with van der Waals surface area (Å²) in [5.74, 6) is 2.05. The fraction of sp³-hybridized carbons (Fsp3) is 0.583. The SMILES string of the molecule is CCOc1cc(CN2CC3CCCC(C2)C3(O)c2cnc(OC)nc2OC)ccc1OC. The normalized spacial score (nSPS) is 25.3. The Hall–Kier alpha value is -2.58. The number of aromatic nitrogens is 2. The minimum absolute atomic E-state index is 0.0745. The van der Waals surface area contributed by atoms with E-state index in [9.17, 15) is 5.11 Å². The molecule has 174 valence electrons. The number of rotatable bonds is 8. The van der Waals surface area contributed by atoms with Crippen LogP contribution in [0.2, 0.25) is 0 Å². The van der Waals surface area contributed by atoms with Crippen LogP contribution in [-0.2, 0) is 12.1 Å². The van der Waals surface area contributed by atoms with Crippen LogP contribution in [0.5, 0.6) is 23.4 Å². The van der Waals surface area contributed by atoms with Gasteiger partial charge in [0.1, 0.15) is 5.60 Å². The summed E-state index contributed by atoms with van der Waals surface area (Å²) >= 11 is 0. The molecule has 1 aromatic carbocycles. The van der Waals surface area contributed by atoms with Crippen molar-refractivity contribution in [1.82, 2.24) is 14.9 Å². The third-order valence-electron chi connectivity index (χ3n) is 6.78. The number of benzene rings is 1. The maximum atomic E-state index is 12.0. The maximum Gasteiger partial charge on any atom is 0.319 e. The van der Waals surface area contributed by atoms with E-state index < -0.39 is 5.60 Å². The molecule has 1 N–H and O–H groups in total. The van der Waals surface area contributed by atoms with Gasteiger partial charge in [0, 0.05) is 37.7 Å². The summed E-state index contributed by atoms with van der Waals surface area (Å²) in [5.41, 5.74) is 0.823. The van der Waals surface area contributed by atoms with E-state index in [1.165, 1.54) is 12.7 Å². The maximum absolute atomic E-state index is 12.0. The van der Waals surface area contributed by atoms with Gasteiger partial charge in [-0.05, 0) is 37.5 Å². The first-order valence-electron chi connectivity index (χ1n) is 11.2. The van der Waals surface area contributed by atoms with Gasteiger partial charge in [-0.25, -0.2) is 4.98 Å². The van der Waals surface area contributed by atoms with Gasteiger partial charge in [-0.1, -0.05) is 12.5 Å². The highest BCUT2D eigenvalue weighted by molar-refractivity contribution is 5.43. The Balaban J connectivity index is 1.57. The van der Waals surface area contributed by atoms with Gasteiger partial charge < -0.3 is 24.1 Å². The van der Waals surface area contributed by atoms with Crippen LogP contribution in [0.25, 0.3) is 0 Å². The van der Waals surface area contributed by atoms with Gasteiger partial charge in [0.25, 0.3) is 0 Å². The summed E-state index contributed by atoms with van der Waals surface area (Å²) in [6.45, 7) is 4.93.